The summed E-state index contributed by atoms with van der Waals surface area (Å²) in [5.41, 5.74) is 4.98. The molecule has 3 aromatic rings. The number of amides is 2. The van der Waals surface area contributed by atoms with Crippen LogP contribution in [-0.2, 0) is 22.6 Å². The van der Waals surface area contributed by atoms with Crippen LogP contribution in [0.4, 0.5) is 5.69 Å². The van der Waals surface area contributed by atoms with Crippen LogP contribution >= 0.6 is 11.3 Å². The number of rotatable bonds is 8. The van der Waals surface area contributed by atoms with Gasteiger partial charge in [-0.15, -0.1) is 11.3 Å². The van der Waals surface area contributed by atoms with Gasteiger partial charge >= 0.3 is 0 Å². The lowest BCUT2D eigenvalue weighted by molar-refractivity contribution is -0.122. The number of aryl methyl sites for hydroxylation is 3. The molecule has 1 aromatic carbocycles. The molecule has 2 amide bonds. The van der Waals surface area contributed by atoms with Crippen LogP contribution in [0.15, 0.2) is 34.2 Å². The van der Waals surface area contributed by atoms with Crippen LogP contribution in [0.1, 0.15) is 41.3 Å². The highest BCUT2D eigenvalue weighted by atomic mass is 32.1. The van der Waals surface area contributed by atoms with Gasteiger partial charge in [-0.1, -0.05) is 6.07 Å². The zero-order chi connectivity index (χ0) is 24.1. The van der Waals surface area contributed by atoms with Crippen molar-refractivity contribution < 1.29 is 14.0 Å². The van der Waals surface area contributed by atoms with E-state index in [1.54, 1.807) is 16.8 Å². The fourth-order valence-corrected chi connectivity index (χ4v) is 4.92. The molecule has 1 fully saturated rings. The van der Waals surface area contributed by atoms with Gasteiger partial charge in [0.1, 0.15) is 11.5 Å². The lowest BCUT2D eigenvalue weighted by Crippen LogP contribution is -2.38. The molecule has 0 radical (unpaired) electrons. The Balaban J connectivity index is 1.34. The number of hydrogen-bond acceptors (Lipinski definition) is 7. The Morgan fingerprint density at radius 2 is 2.15 bits per heavy atom. The van der Waals surface area contributed by atoms with Crippen LogP contribution < -0.4 is 10.6 Å². The standard InChI is InChI=1S/C25H31N5O3S/c1-16-22(34-15-27-16)9-10-23(31)26-13-21-17(2)33-25(29-21)18-6-4-8-20(12-18)28-24(32)19-7-5-11-30(3)14-19/h4,6,8,12,15,19H,5,7,9-11,13-14H2,1-3H3,(H,26,31)(H,28,32)/t19-/m0/s1. The van der Waals surface area contributed by atoms with Crippen molar-refractivity contribution in [2.45, 2.75) is 46.1 Å². The first-order valence-corrected chi connectivity index (χ1v) is 12.5. The van der Waals surface area contributed by atoms with Crippen LogP contribution in [0.25, 0.3) is 11.5 Å². The van der Waals surface area contributed by atoms with Gasteiger partial charge in [-0.25, -0.2) is 9.97 Å². The molecule has 0 unspecified atom stereocenters. The molecule has 1 aliphatic rings. The second-order valence-corrected chi connectivity index (χ2v) is 9.77. The first kappa shape index (κ1) is 24.1. The minimum atomic E-state index is -0.0326. The van der Waals surface area contributed by atoms with Gasteiger partial charge in [-0.05, 0) is 64.9 Å². The zero-order valence-electron chi connectivity index (χ0n) is 19.9. The number of nitrogens with zero attached hydrogens (tertiary/aromatic N) is 3. The Morgan fingerprint density at radius 1 is 1.29 bits per heavy atom. The molecule has 34 heavy (non-hydrogen) atoms. The summed E-state index contributed by atoms with van der Waals surface area (Å²) in [4.78, 5) is 37.1. The predicted molar refractivity (Wildman–Crippen MR) is 133 cm³/mol. The Morgan fingerprint density at radius 3 is 2.91 bits per heavy atom. The number of aromatic nitrogens is 2. The van der Waals surface area contributed by atoms with Crippen LogP contribution in [0, 0.1) is 19.8 Å². The molecule has 4 rings (SSSR count). The molecule has 0 aliphatic carbocycles. The van der Waals surface area contributed by atoms with Crippen molar-refractivity contribution in [1.29, 1.82) is 0 Å². The van der Waals surface area contributed by atoms with Gasteiger partial charge in [0.25, 0.3) is 0 Å². The van der Waals surface area contributed by atoms with Crippen LogP contribution in [-0.4, -0.2) is 46.8 Å². The SMILES string of the molecule is Cc1ncsc1CCC(=O)NCc1nc(-c2cccc(NC(=O)[C@H]3CCCN(C)C3)c2)oc1C. The van der Waals surface area contributed by atoms with E-state index < -0.39 is 0 Å². The lowest BCUT2D eigenvalue weighted by Gasteiger charge is -2.28. The molecular weight excluding hydrogens is 450 g/mol. The summed E-state index contributed by atoms with van der Waals surface area (Å²) >= 11 is 1.58. The Labute approximate surface area is 203 Å². The predicted octanol–water partition coefficient (Wildman–Crippen LogP) is 3.94. The van der Waals surface area contributed by atoms with Crippen LogP contribution in [0.3, 0.4) is 0 Å². The van der Waals surface area contributed by atoms with E-state index >= 15 is 0 Å². The van der Waals surface area contributed by atoms with Gasteiger partial charge in [0.05, 0.1) is 23.7 Å². The number of hydrogen-bond donors (Lipinski definition) is 2. The first-order chi connectivity index (χ1) is 16.4. The van der Waals surface area contributed by atoms with E-state index in [1.165, 1.54) is 0 Å². The average Bonchev–Trinajstić information content (AvgIpc) is 3.41. The number of carbonyl (C=O) groups is 2. The average molecular weight is 482 g/mol. The maximum atomic E-state index is 12.7. The summed E-state index contributed by atoms with van der Waals surface area (Å²) in [7, 11) is 2.05. The largest absolute Gasteiger partial charge is 0.441 e. The summed E-state index contributed by atoms with van der Waals surface area (Å²) in [5, 5.41) is 5.96. The summed E-state index contributed by atoms with van der Waals surface area (Å²) in [6.45, 7) is 5.92. The molecule has 0 bridgehead atoms. The third-order valence-corrected chi connectivity index (χ3v) is 7.14. The highest BCUT2D eigenvalue weighted by Crippen LogP contribution is 2.25. The van der Waals surface area contributed by atoms with E-state index in [9.17, 15) is 9.59 Å². The Hall–Kier alpha value is -3.04. The van der Waals surface area contributed by atoms with Gasteiger partial charge in [0, 0.05) is 29.1 Å². The van der Waals surface area contributed by atoms with E-state index in [0.29, 0.717) is 36.7 Å². The molecule has 2 N–H and O–H groups in total. The number of oxazole rings is 1. The minimum Gasteiger partial charge on any atom is -0.441 e. The van der Waals surface area contributed by atoms with Crippen molar-refractivity contribution in [2.24, 2.45) is 5.92 Å². The number of benzene rings is 1. The first-order valence-electron chi connectivity index (χ1n) is 11.6. The molecule has 8 nitrogen and oxygen atoms in total. The maximum Gasteiger partial charge on any atom is 0.228 e. The summed E-state index contributed by atoms with van der Waals surface area (Å²) in [6, 6.07) is 7.51. The number of anilines is 1. The second-order valence-electron chi connectivity index (χ2n) is 8.83. The number of nitrogens with one attached hydrogen (secondary N) is 2. The molecule has 3 heterocycles. The molecule has 180 valence electrons. The fraction of sp³-hybridized carbons (Fsp3) is 0.440. The molecular formula is C25H31N5O3S. The third-order valence-electron chi connectivity index (χ3n) is 6.14. The second kappa shape index (κ2) is 10.9. The van der Waals surface area contributed by atoms with Gasteiger partial charge in [-0.3, -0.25) is 9.59 Å². The molecule has 0 saturated carbocycles. The lowest BCUT2D eigenvalue weighted by atomic mass is 9.97. The maximum absolute atomic E-state index is 12.7. The fourth-order valence-electron chi connectivity index (χ4n) is 4.13. The molecule has 2 aromatic heterocycles. The quantitative estimate of drug-likeness (QED) is 0.505. The van der Waals surface area contributed by atoms with Gasteiger partial charge < -0.3 is 20.0 Å². The number of piperidine rings is 1. The van der Waals surface area contributed by atoms with E-state index in [1.807, 2.05) is 45.2 Å². The Bertz CT molecular complexity index is 1160. The van der Waals surface area contributed by atoms with E-state index in [0.717, 1.165) is 47.8 Å². The number of carbonyl (C=O) groups excluding carboxylic acids is 2. The monoisotopic (exact) mass is 481 g/mol. The summed E-state index contributed by atoms with van der Waals surface area (Å²) < 4.78 is 5.87. The summed E-state index contributed by atoms with van der Waals surface area (Å²) in [5.74, 6) is 1.14. The van der Waals surface area contributed by atoms with Crippen molar-refractivity contribution in [3.8, 4) is 11.5 Å². The van der Waals surface area contributed by atoms with E-state index in [4.69, 9.17) is 4.42 Å². The highest BCUT2D eigenvalue weighted by molar-refractivity contribution is 7.09. The highest BCUT2D eigenvalue weighted by Gasteiger charge is 2.24. The van der Waals surface area contributed by atoms with Crippen LogP contribution in [0.5, 0.6) is 0 Å². The van der Waals surface area contributed by atoms with Gasteiger partial charge in [0.2, 0.25) is 17.7 Å². The normalized spacial score (nSPS) is 16.4. The smallest absolute Gasteiger partial charge is 0.228 e. The topological polar surface area (TPSA) is 100 Å². The molecule has 1 saturated heterocycles. The minimum absolute atomic E-state index is 0.00148. The zero-order valence-corrected chi connectivity index (χ0v) is 20.7. The van der Waals surface area contributed by atoms with Crippen molar-refractivity contribution in [1.82, 2.24) is 20.2 Å². The van der Waals surface area contributed by atoms with Crippen molar-refractivity contribution in [2.75, 3.05) is 25.5 Å². The molecule has 0 spiro atoms. The summed E-state index contributed by atoms with van der Waals surface area (Å²) in [6.07, 6.45) is 3.04. The van der Waals surface area contributed by atoms with E-state index in [2.05, 4.69) is 25.5 Å². The molecule has 9 heteroatoms. The molecule has 1 aliphatic heterocycles. The number of thiazole rings is 1. The number of likely N-dealkylation sites (tertiary alicyclic amines) is 1. The van der Waals surface area contributed by atoms with Gasteiger partial charge in [-0.2, -0.15) is 0 Å². The Kier molecular flexibility index (Phi) is 7.74. The molecule has 1 atom stereocenters. The van der Waals surface area contributed by atoms with Crippen molar-refractivity contribution in [3.63, 3.8) is 0 Å². The van der Waals surface area contributed by atoms with E-state index in [-0.39, 0.29) is 17.7 Å². The van der Waals surface area contributed by atoms with Crippen molar-refractivity contribution in [3.05, 3.63) is 51.8 Å². The van der Waals surface area contributed by atoms with Crippen molar-refractivity contribution >= 4 is 28.8 Å². The van der Waals surface area contributed by atoms with Gasteiger partial charge in [0.15, 0.2) is 0 Å². The third kappa shape index (κ3) is 6.09. The van der Waals surface area contributed by atoms with Crippen LogP contribution in [0.2, 0.25) is 0 Å².